The largest absolute Gasteiger partial charge is 0.454 e. The fourth-order valence-corrected chi connectivity index (χ4v) is 3.20. The first kappa shape index (κ1) is 12.9. The number of aromatic nitrogens is 1. The van der Waals surface area contributed by atoms with E-state index in [0.717, 1.165) is 15.0 Å². The fraction of sp³-hybridized carbons (Fsp3) is 0.167. The van der Waals surface area contributed by atoms with Gasteiger partial charge in [-0.2, -0.15) is 0 Å². The van der Waals surface area contributed by atoms with E-state index in [-0.39, 0.29) is 18.5 Å². The first-order valence-corrected chi connectivity index (χ1v) is 7.54. The van der Waals surface area contributed by atoms with Crippen LogP contribution in [0.2, 0.25) is 0 Å². The predicted molar refractivity (Wildman–Crippen MR) is 76.4 cm³/mol. The highest BCUT2D eigenvalue weighted by molar-refractivity contribution is 9.10. The Morgan fingerprint density at radius 3 is 3.11 bits per heavy atom. The van der Waals surface area contributed by atoms with Crippen LogP contribution in [-0.4, -0.2) is 23.4 Å². The third kappa shape index (κ3) is 2.35. The van der Waals surface area contributed by atoms with Crippen LogP contribution in [0.4, 0.5) is 0 Å². The molecule has 1 aliphatic rings. The number of Topliss-reactive ketones (excluding diaryl/α,β-unsaturated/α-hetero) is 1. The Hall–Kier alpha value is -1.11. The van der Waals surface area contributed by atoms with Crippen LogP contribution in [0.25, 0.3) is 10.6 Å². The number of hydrogen-bond acceptors (Lipinski definition) is 5. The van der Waals surface area contributed by atoms with E-state index in [2.05, 4.69) is 20.9 Å². The number of rotatable bonds is 3. The number of hydrogen-bond donors (Lipinski definition) is 0. The van der Waals surface area contributed by atoms with Crippen LogP contribution in [0, 0.1) is 0 Å². The summed E-state index contributed by atoms with van der Waals surface area (Å²) in [5, 5.41) is 2.45. The van der Waals surface area contributed by atoms with Gasteiger partial charge in [-0.05, 0) is 28.1 Å². The summed E-state index contributed by atoms with van der Waals surface area (Å²) in [6, 6.07) is 3.74. The van der Waals surface area contributed by atoms with E-state index in [4.69, 9.17) is 21.1 Å². The molecule has 1 aromatic heterocycles. The van der Waals surface area contributed by atoms with Crippen LogP contribution in [0.1, 0.15) is 10.5 Å². The first-order valence-electron chi connectivity index (χ1n) is 5.33. The Labute approximate surface area is 126 Å². The summed E-state index contributed by atoms with van der Waals surface area (Å²) >= 11 is 10.3. The number of carbonyl (C=O) groups excluding carboxylic acids is 1. The lowest BCUT2D eigenvalue weighted by Gasteiger charge is -2.02. The summed E-state index contributed by atoms with van der Waals surface area (Å²) in [7, 11) is 0. The van der Waals surface area contributed by atoms with Crippen molar-refractivity contribution in [3.05, 3.63) is 27.7 Å². The van der Waals surface area contributed by atoms with Gasteiger partial charge >= 0.3 is 0 Å². The summed E-state index contributed by atoms with van der Waals surface area (Å²) in [4.78, 5) is 15.8. The van der Waals surface area contributed by atoms with Gasteiger partial charge in [-0.3, -0.25) is 4.79 Å². The van der Waals surface area contributed by atoms with E-state index in [0.29, 0.717) is 17.2 Å². The molecule has 19 heavy (non-hydrogen) atoms. The molecular formula is C12H7BrClNO3S. The van der Waals surface area contributed by atoms with E-state index in [1.54, 1.807) is 5.38 Å². The van der Waals surface area contributed by atoms with E-state index in [9.17, 15) is 4.79 Å². The van der Waals surface area contributed by atoms with Crippen molar-refractivity contribution in [1.29, 1.82) is 0 Å². The van der Waals surface area contributed by atoms with Crippen molar-refractivity contribution in [2.75, 3.05) is 12.7 Å². The molecule has 98 valence electrons. The van der Waals surface area contributed by atoms with Gasteiger partial charge in [0, 0.05) is 10.9 Å². The highest BCUT2D eigenvalue weighted by Crippen LogP contribution is 2.42. The van der Waals surface area contributed by atoms with E-state index >= 15 is 0 Å². The first-order chi connectivity index (χ1) is 9.19. The molecule has 0 atom stereocenters. The summed E-state index contributed by atoms with van der Waals surface area (Å²) in [6.45, 7) is 0.214. The summed E-state index contributed by atoms with van der Waals surface area (Å²) in [5.74, 6) is 1.12. The molecule has 0 bridgehead atoms. The molecule has 0 unspecified atom stereocenters. The van der Waals surface area contributed by atoms with Crippen molar-refractivity contribution >= 4 is 44.7 Å². The van der Waals surface area contributed by atoms with Gasteiger partial charge in [0.05, 0.1) is 10.4 Å². The lowest BCUT2D eigenvalue weighted by atomic mass is 10.2. The van der Waals surface area contributed by atoms with Gasteiger partial charge in [0.15, 0.2) is 17.3 Å². The van der Waals surface area contributed by atoms with Crippen molar-refractivity contribution in [1.82, 2.24) is 4.98 Å². The van der Waals surface area contributed by atoms with Crippen LogP contribution < -0.4 is 9.47 Å². The predicted octanol–water partition coefficient (Wildman–Crippen LogP) is 3.72. The molecule has 4 nitrogen and oxygen atoms in total. The Bertz CT molecular complexity index is 658. The van der Waals surface area contributed by atoms with Crippen LogP contribution >= 0.6 is 38.9 Å². The summed E-state index contributed by atoms with van der Waals surface area (Å²) in [5.41, 5.74) is 1.26. The minimum Gasteiger partial charge on any atom is -0.454 e. The molecule has 0 saturated carbocycles. The van der Waals surface area contributed by atoms with Gasteiger partial charge in [-0.15, -0.1) is 22.9 Å². The van der Waals surface area contributed by atoms with Gasteiger partial charge in [0.25, 0.3) is 0 Å². The summed E-state index contributed by atoms with van der Waals surface area (Å²) in [6.07, 6.45) is 0. The van der Waals surface area contributed by atoms with E-state index in [1.807, 2.05) is 12.1 Å². The smallest absolute Gasteiger partial charge is 0.231 e. The molecule has 3 rings (SSSR count). The number of ketones is 1. The number of benzene rings is 1. The average Bonchev–Trinajstić information content (AvgIpc) is 3.06. The fourth-order valence-electron chi connectivity index (χ4n) is 1.69. The second-order valence-electron chi connectivity index (χ2n) is 3.79. The number of fused-ring (bicyclic) bond motifs is 1. The van der Waals surface area contributed by atoms with Gasteiger partial charge < -0.3 is 9.47 Å². The number of alkyl halides is 1. The monoisotopic (exact) mass is 359 g/mol. The number of ether oxygens (including phenoxy) is 2. The van der Waals surface area contributed by atoms with Crippen molar-refractivity contribution < 1.29 is 14.3 Å². The normalized spacial score (nSPS) is 12.7. The average molecular weight is 361 g/mol. The molecule has 0 aliphatic carbocycles. The lowest BCUT2D eigenvalue weighted by molar-refractivity contribution is 0.101. The number of nitrogens with zero attached hydrogens (tertiary/aromatic N) is 1. The Kier molecular flexibility index (Phi) is 3.47. The van der Waals surface area contributed by atoms with Crippen molar-refractivity contribution in [3.8, 4) is 22.1 Å². The van der Waals surface area contributed by atoms with Gasteiger partial charge in [-0.1, -0.05) is 0 Å². The molecule has 0 radical (unpaired) electrons. The SMILES string of the molecule is O=C(CCl)c1csc(-c2cc(Br)c3c(c2)OCO3)n1. The number of carbonyl (C=O) groups is 1. The van der Waals surface area contributed by atoms with Gasteiger partial charge in [0.1, 0.15) is 10.7 Å². The third-order valence-corrected chi connectivity index (χ3v) is 4.31. The molecule has 0 fully saturated rings. The van der Waals surface area contributed by atoms with Crippen molar-refractivity contribution in [2.24, 2.45) is 0 Å². The third-order valence-electron chi connectivity index (χ3n) is 2.59. The van der Waals surface area contributed by atoms with Gasteiger partial charge in [0.2, 0.25) is 6.79 Å². The zero-order chi connectivity index (χ0) is 13.4. The number of halogens is 2. The summed E-state index contributed by atoms with van der Waals surface area (Å²) < 4.78 is 11.5. The van der Waals surface area contributed by atoms with Crippen LogP contribution in [0.5, 0.6) is 11.5 Å². The molecule has 1 aromatic carbocycles. The standard InChI is InChI=1S/C12H7BrClNO3S/c13-7-1-6(2-10-11(7)18-5-17-10)12-15-8(4-19-12)9(16)3-14/h1-2,4H,3,5H2. The lowest BCUT2D eigenvalue weighted by Crippen LogP contribution is -2.00. The highest BCUT2D eigenvalue weighted by atomic mass is 79.9. The topological polar surface area (TPSA) is 48.4 Å². The molecule has 7 heteroatoms. The highest BCUT2D eigenvalue weighted by Gasteiger charge is 2.20. The molecular weight excluding hydrogens is 354 g/mol. The van der Waals surface area contributed by atoms with Crippen LogP contribution in [-0.2, 0) is 0 Å². The molecule has 0 saturated heterocycles. The minimum absolute atomic E-state index is 0.0615. The van der Waals surface area contributed by atoms with Gasteiger partial charge in [-0.25, -0.2) is 4.98 Å². The maximum atomic E-state index is 11.5. The Morgan fingerprint density at radius 2 is 2.32 bits per heavy atom. The minimum atomic E-state index is -0.177. The molecule has 0 N–H and O–H groups in total. The molecule has 2 heterocycles. The van der Waals surface area contributed by atoms with Crippen LogP contribution in [0.15, 0.2) is 22.0 Å². The molecule has 2 aromatic rings. The van der Waals surface area contributed by atoms with Crippen molar-refractivity contribution in [2.45, 2.75) is 0 Å². The van der Waals surface area contributed by atoms with E-state index < -0.39 is 0 Å². The quantitative estimate of drug-likeness (QED) is 0.618. The Morgan fingerprint density at radius 1 is 1.47 bits per heavy atom. The number of thiazole rings is 1. The molecule has 1 aliphatic heterocycles. The molecule has 0 spiro atoms. The maximum absolute atomic E-state index is 11.5. The van der Waals surface area contributed by atoms with Crippen molar-refractivity contribution in [3.63, 3.8) is 0 Å². The maximum Gasteiger partial charge on any atom is 0.231 e. The Balaban J connectivity index is 2.01. The molecule has 0 amide bonds. The van der Waals surface area contributed by atoms with Crippen LogP contribution in [0.3, 0.4) is 0 Å². The van der Waals surface area contributed by atoms with E-state index in [1.165, 1.54) is 11.3 Å². The zero-order valence-corrected chi connectivity index (χ0v) is 12.6. The second-order valence-corrected chi connectivity index (χ2v) is 5.77. The zero-order valence-electron chi connectivity index (χ0n) is 9.48. The second kappa shape index (κ2) is 5.11.